The first-order chi connectivity index (χ1) is 10.9. The number of non-ortho nitro benzene ring substituents is 1. The summed E-state index contributed by atoms with van der Waals surface area (Å²) >= 11 is 0. The number of nitrogens with zero attached hydrogens (tertiary/aromatic N) is 2. The molecule has 0 atom stereocenters. The number of ether oxygens (including phenoxy) is 1. The molecule has 2 N–H and O–H groups in total. The summed E-state index contributed by atoms with van der Waals surface area (Å²) < 4.78 is 32.2. The third-order valence-corrected chi connectivity index (χ3v) is 5.08. The molecule has 0 radical (unpaired) electrons. The number of benzene rings is 1. The Labute approximate surface area is 159 Å². The van der Waals surface area contributed by atoms with Crippen LogP contribution in [-0.2, 0) is 10.0 Å². The van der Waals surface area contributed by atoms with Crippen LogP contribution in [0.4, 0.5) is 5.69 Å². The van der Waals surface area contributed by atoms with Gasteiger partial charge < -0.3 is 10.1 Å². The lowest BCUT2D eigenvalue weighted by Crippen LogP contribution is -2.46. The first-order valence-electron chi connectivity index (χ1n) is 7.19. The minimum Gasteiger partial charge on any atom is -0.495 e. The van der Waals surface area contributed by atoms with E-state index in [1.807, 2.05) is 0 Å². The highest BCUT2D eigenvalue weighted by atomic mass is 35.5. The molecule has 1 aliphatic rings. The van der Waals surface area contributed by atoms with Crippen molar-refractivity contribution >= 4 is 40.5 Å². The Balaban J connectivity index is 0.00000288. The van der Waals surface area contributed by atoms with E-state index < -0.39 is 14.9 Å². The molecule has 25 heavy (non-hydrogen) atoms. The maximum absolute atomic E-state index is 12.3. The highest BCUT2D eigenvalue weighted by Crippen LogP contribution is 2.28. The minimum atomic E-state index is -3.79. The molecule has 9 nitrogen and oxygen atoms in total. The SMILES string of the molecule is COc1cc([N+](=O)[O-])ccc1S(=O)(=O)NCCN1CCNCC1.Cl.Cl. The number of hydrogen-bond acceptors (Lipinski definition) is 7. The number of sulfonamides is 1. The van der Waals surface area contributed by atoms with Gasteiger partial charge in [-0.2, -0.15) is 0 Å². The fraction of sp³-hybridized carbons (Fsp3) is 0.538. The molecule has 1 aromatic rings. The highest BCUT2D eigenvalue weighted by Gasteiger charge is 2.22. The zero-order valence-electron chi connectivity index (χ0n) is 13.6. The van der Waals surface area contributed by atoms with Crippen LogP contribution in [0, 0.1) is 10.1 Å². The van der Waals surface area contributed by atoms with Crippen molar-refractivity contribution in [2.24, 2.45) is 0 Å². The molecule has 2 rings (SSSR count). The second-order valence-electron chi connectivity index (χ2n) is 5.08. The van der Waals surface area contributed by atoms with E-state index in [0.717, 1.165) is 38.3 Å². The average Bonchev–Trinajstić information content (AvgIpc) is 2.55. The molecule has 1 fully saturated rings. The molecular weight excluding hydrogens is 395 g/mol. The lowest BCUT2D eigenvalue weighted by Gasteiger charge is -2.27. The molecule has 0 aromatic heterocycles. The maximum atomic E-state index is 12.3. The van der Waals surface area contributed by atoms with Gasteiger partial charge in [-0.15, -0.1) is 24.8 Å². The van der Waals surface area contributed by atoms with E-state index >= 15 is 0 Å². The molecule has 0 spiro atoms. The Hall–Kier alpha value is -1.17. The molecule has 12 heteroatoms. The summed E-state index contributed by atoms with van der Waals surface area (Å²) in [6.45, 7) is 4.41. The first-order valence-corrected chi connectivity index (χ1v) is 8.67. The van der Waals surface area contributed by atoms with E-state index in [4.69, 9.17) is 4.74 Å². The van der Waals surface area contributed by atoms with Gasteiger partial charge in [0.15, 0.2) is 0 Å². The standard InChI is InChI=1S/C13H20N4O5S.2ClH/c1-22-12-10-11(17(18)19)2-3-13(12)23(20,21)15-6-9-16-7-4-14-5-8-16;;/h2-3,10,14-15H,4-9H2,1H3;2*1H. The summed E-state index contributed by atoms with van der Waals surface area (Å²) in [4.78, 5) is 12.2. The fourth-order valence-corrected chi connectivity index (χ4v) is 3.51. The number of hydrogen-bond donors (Lipinski definition) is 2. The number of nitro benzene ring substituents is 1. The van der Waals surface area contributed by atoms with Gasteiger partial charge in [0.2, 0.25) is 10.0 Å². The van der Waals surface area contributed by atoms with E-state index in [-0.39, 0.29) is 47.7 Å². The van der Waals surface area contributed by atoms with E-state index in [2.05, 4.69) is 14.9 Å². The predicted octanol–water partition coefficient (Wildman–Crippen LogP) is 0.630. The lowest BCUT2D eigenvalue weighted by atomic mass is 10.3. The van der Waals surface area contributed by atoms with E-state index in [1.165, 1.54) is 13.2 Å². The molecule has 0 amide bonds. The van der Waals surface area contributed by atoms with E-state index in [1.54, 1.807) is 0 Å². The van der Waals surface area contributed by atoms with Crippen LogP contribution in [0.2, 0.25) is 0 Å². The van der Waals surface area contributed by atoms with Crippen molar-refractivity contribution in [3.05, 3.63) is 28.3 Å². The minimum absolute atomic E-state index is 0. The van der Waals surface area contributed by atoms with Gasteiger partial charge in [-0.05, 0) is 6.07 Å². The van der Waals surface area contributed by atoms with Crippen LogP contribution in [0.25, 0.3) is 0 Å². The van der Waals surface area contributed by atoms with E-state index in [9.17, 15) is 18.5 Å². The molecule has 0 aliphatic carbocycles. The van der Waals surface area contributed by atoms with Crippen molar-refractivity contribution in [3.63, 3.8) is 0 Å². The largest absolute Gasteiger partial charge is 0.495 e. The topological polar surface area (TPSA) is 114 Å². The highest BCUT2D eigenvalue weighted by molar-refractivity contribution is 7.89. The van der Waals surface area contributed by atoms with Gasteiger partial charge in [-0.25, -0.2) is 13.1 Å². The predicted molar refractivity (Wildman–Crippen MR) is 98.6 cm³/mol. The van der Waals surface area contributed by atoms with Gasteiger partial charge in [0.1, 0.15) is 10.6 Å². The molecular formula is C13H22Cl2N4O5S. The quantitative estimate of drug-likeness (QED) is 0.494. The molecule has 1 heterocycles. The van der Waals surface area contributed by atoms with Gasteiger partial charge in [0.05, 0.1) is 18.1 Å². The Morgan fingerprint density at radius 1 is 1.32 bits per heavy atom. The number of rotatable bonds is 7. The Bertz CT molecular complexity index is 668. The van der Waals surface area contributed by atoms with Crippen molar-refractivity contribution in [3.8, 4) is 5.75 Å². The molecule has 0 unspecified atom stereocenters. The van der Waals surface area contributed by atoms with Crippen LogP contribution < -0.4 is 14.8 Å². The van der Waals surface area contributed by atoms with Gasteiger partial charge in [0, 0.05) is 45.3 Å². The molecule has 0 saturated carbocycles. The van der Waals surface area contributed by atoms with Crippen LogP contribution in [0.1, 0.15) is 0 Å². The summed E-state index contributed by atoms with van der Waals surface area (Å²) in [7, 11) is -2.51. The third-order valence-electron chi connectivity index (χ3n) is 3.58. The summed E-state index contributed by atoms with van der Waals surface area (Å²) in [5.74, 6) is -0.0473. The normalized spacial score (nSPS) is 14.9. The van der Waals surface area contributed by atoms with Crippen LogP contribution in [0.15, 0.2) is 23.1 Å². The smallest absolute Gasteiger partial charge is 0.273 e. The fourth-order valence-electron chi connectivity index (χ4n) is 2.34. The number of nitro groups is 1. The van der Waals surface area contributed by atoms with Crippen molar-refractivity contribution in [1.29, 1.82) is 0 Å². The zero-order chi connectivity index (χ0) is 16.9. The molecule has 1 saturated heterocycles. The monoisotopic (exact) mass is 416 g/mol. The van der Waals surface area contributed by atoms with Crippen molar-refractivity contribution in [1.82, 2.24) is 14.9 Å². The van der Waals surface area contributed by atoms with Crippen LogP contribution in [-0.4, -0.2) is 64.6 Å². The number of nitrogens with one attached hydrogen (secondary N) is 2. The second kappa shape index (κ2) is 10.7. The lowest BCUT2D eigenvalue weighted by molar-refractivity contribution is -0.385. The molecule has 1 aliphatic heterocycles. The average molecular weight is 417 g/mol. The maximum Gasteiger partial charge on any atom is 0.273 e. The molecule has 144 valence electrons. The number of piperazine rings is 1. The van der Waals surface area contributed by atoms with Crippen molar-refractivity contribution < 1.29 is 18.1 Å². The van der Waals surface area contributed by atoms with E-state index in [0.29, 0.717) is 6.54 Å². The molecule has 1 aromatic carbocycles. The molecule has 0 bridgehead atoms. The van der Waals surface area contributed by atoms with Crippen LogP contribution >= 0.6 is 24.8 Å². The summed E-state index contributed by atoms with van der Waals surface area (Å²) in [6, 6.07) is 3.43. The Kier molecular flexibility index (Phi) is 10.2. The third kappa shape index (κ3) is 6.57. The van der Waals surface area contributed by atoms with Gasteiger partial charge in [-0.3, -0.25) is 15.0 Å². The summed E-state index contributed by atoms with van der Waals surface area (Å²) in [6.07, 6.45) is 0. The second-order valence-corrected chi connectivity index (χ2v) is 6.82. The van der Waals surface area contributed by atoms with Crippen molar-refractivity contribution in [2.75, 3.05) is 46.4 Å². The van der Waals surface area contributed by atoms with Crippen molar-refractivity contribution in [2.45, 2.75) is 4.90 Å². The Morgan fingerprint density at radius 3 is 2.52 bits per heavy atom. The number of halogens is 2. The van der Waals surface area contributed by atoms with Crippen LogP contribution in [0.5, 0.6) is 5.75 Å². The Morgan fingerprint density at radius 2 is 1.96 bits per heavy atom. The van der Waals surface area contributed by atoms with Gasteiger partial charge in [-0.1, -0.05) is 0 Å². The van der Waals surface area contributed by atoms with Gasteiger partial charge in [0.25, 0.3) is 5.69 Å². The summed E-state index contributed by atoms with van der Waals surface area (Å²) in [5, 5.41) is 14.0. The first kappa shape index (κ1) is 23.8. The van der Waals surface area contributed by atoms with Gasteiger partial charge >= 0.3 is 0 Å². The summed E-state index contributed by atoms with van der Waals surface area (Å²) in [5.41, 5.74) is -0.221. The number of methoxy groups -OCH3 is 1. The van der Waals surface area contributed by atoms with Crippen LogP contribution in [0.3, 0.4) is 0 Å². The zero-order valence-corrected chi connectivity index (χ0v) is 16.1.